The van der Waals surface area contributed by atoms with E-state index in [1.165, 1.54) is 5.56 Å². The summed E-state index contributed by atoms with van der Waals surface area (Å²) in [5.74, 6) is 0.724. The van der Waals surface area contributed by atoms with Gasteiger partial charge in [0.2, 0.25) is 0 Å². The molecule has 4 nitrogen and oxygen atoms in total. The normalized spacial score (nSPS) is 15.8. The molecular weight excluding hydrogens is 302 g/mol. The third kappa shape index (κ3) is 6.62. The summed E-state index contributed by atoms with van der Waals surface area (Å²) in [6.07, 6.45) is 2.75. The van der Waals surface area contributed by atoms with Crippen LogP contribution < -0.4 is 0 Å². The molecule has 0 N–H and O–H groups in total. The minimum Gasteiger partial charge on any atom is -0.475 e. The third-order valence-corrected chi connectivity index (χ3v) is 4.03. The largest absolute Gasteiger partial charge is 0.475 e. The molecule has 0 aliphatic heterocycles. The van der Waals surface area contributed by atoms with Crippen molar-refractivity contribution in [1.82, 2.24) is 0 Å². The number of hydrogen-bond donors (Lipinski definition) is 0. The monoisotopic (exact) mass is 335 g/mol. The van der Waals surface area contributed by atoms with E-state index in [1.54, 1.807) is 7.11 Å². The SMILES string of the molecule is CCCC(C)N=C(C)OC(CC)C(OCOC)c1ccccc1C. The summed E-state index contributed by atoms with van der Waals surface area (Å²) in [5, 5.41) is 0. The molecule has 24 heavy (non-hydrogen) atoms. The maximum Gasteiger partial charge on any atom is 0.180 e. The summed E-state index contributed by atoms with van der Waals surface area (Å²) >= 11 is 0. The van der Waals surface area contributed by atoms with Gasteiger partial charge < -0.3 is 14.2 Å². The Bertz CT molecular complexity index is 501. The van der Waals surface area contributed by atoms with Gasteiger partial charge in [0.25, 0.3) is 0 Å². The van der Waals surface area contributed by atoms with Crippen LogP contribution in [0.25, 0.3) is 0 Å². The van der Waals surface area contributed by atoms with Crippen molar-refractivity contribution in [2.75, 3.05) is 13.9 Å². The molecular formula is C20H33NO3. The lowest BCUT2D eigenvalue weighted by atomic mass is 9.98. The van der Waals surface area contributed by atoms with Crippen LogP contribution in [0.15, 0.2) is 29.3 Å². The molecule has 4 heteroatoms. The van der Waals surface area contributed by atoms with Gasteiger partial charge in [-0.1, -0.05) is 44.5 Å². The zero-order chi connectivity index (χ0) is 17.9. The van der Waals surface area contributed by atoms with E-state index in [4.69, 9.17) is 14.2 Å². The molecule has 3 unspecified atom stereocenters. The third-order valence-electron chi connectivity index (χ3n) is 4.03. The van der Waals surface area contributed by atoms with Gasteiger partial charge in [-0.3, -0.25) is 4.99 Å². The van der Waals surface area contributed by atoms with Gasteiger partial charge in [0.05, 0.1) is 6.04 Å². The minimum absolute atomic E-state index is 0.0983. The molecule has 136 valence electrons. The highest BCUT2D eigenvalue weighted by Gasteiger charge is 2.26. The van der Waals surface area contributed by atoms with Gasteiger partial charge in [-0.2, -0.15) is 0 Å². The summed E-state index contributed by atoms with van der Waals surface area (Å²) in [6, 6.07) is 8.53. The van der Waals surface area contributed by atoms with Crippen molar-refractivity contribution in [3.63, 3.8) is 0 Å². The molecule has 0 saturated heterocycles. The quantitative estimate of drug-likeness (QED) is 0.341. The lowest BCUT2D eigenvalue weighted by Gasteiger charge is -2.28. The van der Waals surface area contributed by atoms with Crippen LogP contribution in [0.3, 0.4) is 0 Å². The van der Waals surface area contributed by atoms with Crippen molar-refractivity contribution in [2.45, 2.75) is 72.1 Å². The first-order valence-electron chi connectivity index (χ1n) is 8.90. The lowest BCUT2D eigenvalue weighted by Crippen LogP contribution is -2.27. The Labute approximate surface area is 147 Å². The second kappa shape index (κ2) is 11.2. The van der Waals surface area contributed by atoms with Gasteiger partial charge in [0.1, 0.15) is 19.0 Å². The minimum atomic E-state index is -0.178. The zero-order valence-corrected chi connectivity index (χ0v) is 16.0. The number of aryl methyl sites for hydroxylation is 1. The fourth-order valence-electron chi connectivity index (χ4n) is 2.85. The van der Waals surface area contributed by atoms with Crippen LogP contribution in [0.5, 0.6) is 0 Å². The van der Waals surface area contributed by atoms with E-state index in [-0.39, 0.29) is 25.0 Å². The number of ether oxygens (including phenoxy) is 3. The van der Waals surface area contributed by atoms with E-state index < -0.39 is 0 Å². The van der Waals surface area contributed by atoms with Crippen molar-refractivity contribution in [1.29, 1.82) is 0 Å². The Morgan fingerprint density at radius 2 is 1.92 bits per heavy atom. The zero-order valence-electron chi connectivity index (χ0n) is 16.0. The Kier molecular flexibility index (Phi) is 9.65. The molecule has 0 heterocycles. The summed E-state index contributed by atoms with van der Waals surface area (Å²) in [5.41, 5.74) is 2.32. The number of rotatable bonds is 10. The molecule has 0 bridgehead atoms. The van der Waals surface area contributed by atoms with E-state index in [1.807, 2.05) is 19.1 Å². The number of aliphatic imine (C=N–C) groups is 1. The van der Waals surface area contributed by atoms with Crippen molar-refractivity contribution in [2.24, 2.45) is 4.99 Å². The lowest BCUT2D eigenvalue weighted by molar-refractivity contribution is -0.112. The fraction of sp³-hybridized carbons (Fsp3) is 0.650. The van der Waals surface area contributed by atoms with Gasteiger partial charge in [-0.15, -0.1) is 0 Å². The highest BCUT2D eigenvalue weighted by molar-refractivity contribution is 5.73. The van der Waals surface area contributed by atoms with E-state index in [9.17, 15) is 0 Å². The topological polar surface area (TPSA) is 40.0 Å². The van der Waals surface area contributed by atoms with Gasteiger partial charge in [-0.25, -0.2) is 0 Å². The highest BCUT2D eigenvalue weighted by Crippen LogP contribution is 2.28. The maximum absolute atomic E-state index is 6.15. The smallest absolute Gasteiger partial charge is 0.180 e. The van der Waals surface area contributed by atoms with Crippen LogP contribution >= 0.6 is 0 Å². The van der Waals surface area contributed by atoms with E-state index in [0.717, 1.165) is 30.7 Å². The molecule has 0 amide bonds. The summed E-state index contributed by atoms with van der Waals surface area (Å²) < 4.78 is 17.2. The second-order valence-electron chi connectivity index (χ2n) is 6.20. The summed E-state index contributed by atoms with van der Waals surface area (Å²) in [6.45, 7) is 10.7. The Morgan fingerprint density at radius 1 is 1.21 bits per heavy atom. The molecule has 0 saturated carbocycles. The average Bonchev–Trinajstić information content (AvgIpc) is 2.55. The predicted octanol–water partition coefficient (Wildman–Crippen LogP) is 5.06. The number of benzene rings is 1. The number of nitrogens with zero attached hydrogens (tertiary/aromatic N) is 1. The molecule has 0 aromatic heterocycles. The Balaban J connectivity index is 2.95. The van der Waals surface area contributed by atoms with Crippen LogP contribution in [0.4, 0.5) is 0 Å². The Hall–Kier alpha value is -1.39. The van der Waals surface area contributed by atoms with Crippen LogP contribution in [-0.2, 0) is 14.2 Å². The van der Waals surface area contributed by atoms with Gasteiger partial charge >= 0.3 is 0 Å². The molecule has 3 atom stereocenters. The van der Waals surface area contributed by atoms with E-state index in [0.29, 0.717) is 0 Å². The number of hydrogen-bond acceptors (Lipinski definition) is 4. The molecule has 1 aromatic rings. The maximum atomic E-state index is 6.15. The predicted molar refractivity (Wildman–Crippen MR) is 99.5 cm³/mol. The fourth-order valence-corrected chi connectivity index (χ4v) is 2.85. The average molecular weight is 335 g/mol. The van der Waals surface area contributed by atoms with Gasteiger partial charge in [0, 0.05) is 14.0 Å². The molecule has 1 rings (SSSR count). The van der Waals surface area contributed by atoms with E-state index >= 15 is 0 Å². The summed E-state index contributed by atoms with van der Waals surface area (Å²) in [7, 11) is 1.63. The molecule has 0 aliphatic rings. The first-order valence-corrected chi connectivity index (χ1v) is 8.90. The van der Waals surface area contributed by atoms with Crippen molar-refractivity contribution in [3.05, 3.63) is 35.4 Å². The first kappa shape index (κ1) is 20.7. The van der Waals surface area contributed by atoms with Crippen LogP contribution in [0.1, 0.15) is 64.2 Å². The molecule has 1 aromatic carbocycles. The molecule has 0 aliphatic carbocycles. The van der Waals surface area contributed by atoms with Crippen LogP contribution in [0.2, 0.25) is 0 Å². The van der Waals surface area contributed by atoms with Crippen molar-refractivity contribution < 1.29 is 14.2 Å². The van der Waals surface area contributed by atoms with Crippen molar-refractivity contribution >= 4 is 5.90 Å². The molecule has 0 radical (unpaired) electrons. The number of methoxy groups -OCH3 is 1. The Morgan fingerprint density at radius 3 is 2.50 bits per heavy atom. The summed E-state index contributed by atoms with van der Waals surface area (Å²) in [4.78, 5) is 4.64. The second-order valence-corrected chi connectivity index (χ2v) is 6.20. The van der Waals surface area contributed by atoms with Crippen molar-refractivity contribution in [3.8, 4) is 0 Å². The molecule has 0 spiro atoms. The molecule has 0 fully saturated rings. The standard InChI is InChI=1S/C20H33NO3/c1-7-11-16(4)21-17(5)24-19(8-2)20(23-14-22-6)18-13-10-9-12-15(18)3/h9-10,12-13,16,19-20H,7-8,11,14H2,1-6H3. The first-order chi connectivity index (χ1) is 11.5. The highest BCUT2D eigenvalue weighted by atomic mass is 16.7. The van der Waals surface area contributed by atoms with Crippen LogP contribution in [0, 0.1) is 6.92 Å². The van der Waals surface area contributed by atoms with Gasteiger partial charge in [-0.05, 0) is 37.8 Å². The van der Waals surface area contributed by atoms with E-state index in [2.05, 4.69) is 44.8 Å². The van der Waals surface area contributed by atoms with Crippen LogP contribution in [-0.4, -0.2) is 31.9 Å². The van der Waals surface area contributed by atoms with Gasteiger partial charge in [0.15, 0.2) is 5.90 Å².